The molecule has 5 rings (SSSR count). The van der Waals surface area contributed by atoms with Crippen molar-refractivity contribution in [3.8, 4) is 11.4 Å². The van der Waals surface area contributed by atoms with Crippen molar-refractivity contribution < 1.29 is 4.79 Å². The number of aromatic nitrogens is 3. The van der Waals surface area contributed by atoms with Gasteiger partial charge in [0.25, 0.3) is 0 Å². The summed E-state index contributed by atoms with van der Waals surface area (Å²) in [6.45, 7) is 0.926. The van der Waals surface area contributed by atoms with Crippen LogP contribution in [0.2, 0.25) is 5.02 Å². The lowest BCUT2D eigenvalue weighted by Crippen LogP contribution is -2.27. The van der Waals surface area contributed by atoms with Crippen LogP contribution in [0.1, 0.15) is 50.8 Å². The smallest absolute Gasteiger partial charge is 0.227 e. The molecule has 1 N–H and O–H groups in total. The molecule has 0 saturated heterocycles. The molecule has 2 aromatic rings. The highest BCUT2D eigenvalue weighted by Crippen LogP contribution is 2.48. The van der Waals surface area contributed by atoms with Crippen LogP contribution in [0.3, 0.4) is 0 Å². The molecule has 2 saturated carbocycles. The third-order valence-electron chi connectivity index (χ3n) is 6.66. The third kappa shape index (κ3) is 3.16. The Morgan fingerprint density at radius 1 is 1.15 bits per heavy atom. The number of halogens is 1. The zero-order chi connectivity index (χ0) is 18.4. The van der Waals surface area contributed by atoms with Gasteiger partial charge in [-0.3, -0.25) is 4.79 Å². The summed E-state index contributed by atoms with van der Waals surface area (Å²) >= 11 is 6.49. The Bertz CT molecular complexity index is 877. The first-order chi connectivity index (χ1) is 13.2. The van der Waals surface area contributed by atoms with Crippen molar-refractivity contribution in [3.63, 3.8) is 0 Å². The number of nitrogens with one attached hydrogen (secondary N) is 1. The summed E-state index contributed by atoms with van der Waals surface area (Å²) in [4.78, 5) is 12.8. The minimum absolute atomic E-state index is 0.163. The minimum Gasteiger partial charge on any atom is -0.326 e. The van der Waals surface area contributed by atoms with E-state index in [9.17, 15) is 4.79 Å². The molecule has 0 spiro atoms. The molecule has 142 valence electrons. The Morgan fingerprint density at radius 3 is 2.89 bits per heavy atom. The van der Waals surface area contributed by atoms with Gasteiger partial charge in [-0.2, -0.15) is 0 Å². The fourth-order valence-electron chi connectivity index (χ4n) is 5.26. The molecule has 2 fully saturated rings. The average Bonchev–Trinajstić information content (AvgIpc) is 3.36. The lowest BCUT2D eigenvalue weighted by atomic mass is 9.88. The second-order valence-electron chi connectivity index (χ2n) is 8.37. The van der Waals surface area contributed by atoms with Crippen LogP contribution in [0.5, 0.6) is 0 Å². The first-order valence-corrected chi connectivity index (χ1v) is 10.6. The number of hydrogen-bond donors (Lipinski definition) is 1. The number of amides is 1. The highest BCUT2D eigenvalue weighted by atomic mass is 35.5. The number of fused-ring (bicyclic) bond motifs is 3. The van der Waals surface area contributed by atoms with Crippen molar-refractivity contribution >= 4 is 23.2 Å². The van der Waals surface area contributed by atoms with Gasteiger partial charge in [0.05, 0.1) is 5.02 Å². The average molecular weight is 385 g/mol. The molecule has 2 bridgehead atoms. The van der Waals surface area contributed by atoms with E-state index in [0.717, 1.165) is 61.0 Å². The van der Waals surface area contributed by atoms with Crippen LogP contribution in [-0.4, -0.2) is 20.7 Å². The number of aryl methyl sites for hydroxylation is 1. The summed E-state index contributed by atoms with van der Waals surface area (Å²) in [7, 11) is 0. The Kier molecular flexibility index (Phi) is 4.43. The van der Waals surface area contributed by atoms with Gasteiger partial charge < -0.3 is 9.88 Å². The SMILES string of the molecule is O=C(Nc1ccc(Cl)c(-c2nnc3n2CCCCC3)c1)C1CC2CCC1C2. The first kappa shape index (κ1) is 17.2. The Labute approximate surface area is 164 Å². The van der Waals surface area contributed by atoms with Gasteiger partial charge in [0.15, 0.2) is 5.82 Å². The van der Waals surface area contributed by atoms with Gasteiger partial charge in [0, 0.05) is 30.1 Å². The lowest BCUT2D eigenvalue weighted by molar-refractivity contribution is -0.121. The van der Waals surface area contributed by atoms with E-state index in [4.69, 9.17) is 11.6 Å². The predicted octanol–water partition coefficient (Wildman–Crippen LogP) is 4.70. The number of carbonyl (C=O) groups is 1. The molecular formula is C21H25ClN4O. The maximum absolute atomic E-state index is 12.8. The lowest BCUT2D eigenvalue weighted by Gasteiger charge is -2.21. The first-order valence-electron chi connectivity index (χ1n) is 10.2. The molecule has 27 heavy (non-hydrogen) atoms. The fraction of sp³-hybridized carbons (Fsp3) is 0.571. The van der Waals surface area contributed by atoms with Gasteiger partial charge in [-0.15, -0.1) is 10.2 Å². The molecule has 1 aromatic heterocycles. The van der Waals surface area contributed by atoms with E-state index in [0.29, 0.717) is 10.9 Å². The minimum atomic E-state index is 0.163. The van der Waals surface area contributed by atoms with Crippen LogP contribution in [0.4, 0.5) is 5.69 Å². The quantitative estimate of drug-likeness (QED) is 0.834. The molecule has 6 heteroatoms. The number of anilines is 1. The van der Waals surface area contributed by atoms with E-state index < -0.39 is 0 Å². The Balaban J connectivity index is 1.40. The molecule has 1 aromatic carbocycles. The van der Waals surface area contributed by atoms with Gasteiger partial charge >= 0.3 is 0 Å². The molecule has 2 aliphatic carbocycles. The summed E-state index contributed by atoms with van der Waals surface area (Å²) in [6.07, 6.45) is 9.27. The highest BCUT2D eigenvalue weighted by Gasteiger charge is 2.43. The van der Waals surface area contributed by atoms with Crippen LogP contribution in [0.15, 0.2) is 18.2 Å². The second-order valence-corrected chi connectivity index (χ2v) is 8.77. The number of carbonyl (C=O) groups excluding carboxylic acids is 1. The summed E-state index contributed by atoms with van der Waals surface area (Å²) in [5, 5.41) is 12.6. The molecule has 3 aliphatic rings. The standard InChI is InChI=1S/C21H25ClN4O/c22-18-8-7-15(23-21(27)16-11-13-5-6-14(16)10-13)12-17(18)20-25-24-19-4-2-1-3-9-26(19)20/h7-8,12-14,16H,1-6,9-11H2,(H,23,27). The van der Waals surface area contributed by atoms with Gasteiger partial charge in [0.2, 0.25) is 5.91 Å². The van der Waals surface area contributed by atoms with Crippen molar-refractivity contribution in [1.29, 1.82) is 0 Å². The van der Waals surface area contributed by atoms with E-state index in [2.05, 4.69) is 20.1 Å². The molecular weight excluding hydrogens is 360 g/mol. The zero-order valence-corrected chi connectivity index (χ0v) is 16.2. The number of benzene rings is 1. The maximum atomic E-state index is 12.8. The molecule has 3 atom stereocenters. The van der Waals surface area contributed by atoms with Crippen molar-refractivity contribution in [2.75, 3.05) is 5.32 Å². The summed E-state index contributed by atoms with van der Waals surface area (Å²) < 4.78 is 2.19. The van der Waals surface area contributed by atoms with E-state index >= 15 is 0 Å². The maximum Gasteiger partial charge on any atom is 0.227 e. The molecule has 1 amide bonds. The molecule has 1 aliphatic heterocycles. The van der Waals surface area contributed by atoms with E-state index in [1.54, 1.807) is 0 Å². The van der Waals surface area contributed by atoms with Crippen LogP contribution < -0.4 is 5.32 Å². The van der Waals surface area contributed by atoms with Crippen LogP contribution in [0, 0.1) is 17.8 Å². The van der Waals surface area contributed by atoms with Crippen LogP contribution in [0.25, 0.3) is 11.4 Å². The van der Waals surface area contributed by atoms with Gasteiger partial charge in [0.1, 0.15) is 5.82 Å². The van der Waals surface area contributed by atoms with E-state index in [1.165, 1.54) is 25.7 Å². The van der Waals surface area contributed by atoms with Crippen LogP contribution >= 0.6 is 11.6 Å². The van der Waals surface area contributed by atoms with Crippen molar-refractivity contribution in [3.05, 3.63) is 29.0 Å². The van der Waals surface area contributed by atoms with Gasteiger partial charge in [-0.25, -0.2) is 0 Å². The van der Waals surface area contributed by atoms with E-state index in [-0.39, 0.29) is 11.8 Å². The topological polar surface area (TPSA) is 59.8 Å². The summed E-state index contributed by atoms with van der Waals surface area (Å²) in [5.74, 6) is 3.53. The number of rotatable bonds is 3. The molecule has 2 heterocycles. The normalized spacial score (nSPS) is 26.6. The van der Waals surface area contributed by atoms with Crippen LogP contribution in [-0.2, 0) is 17.8 Å². The molecule has 3 unspecified atom stereocenters. The Morgan fingerprint density at radius 2 is 2.07 bits per heavy atom. The third-order valence-corrected chi connectivity index (χ3v) is 6.99. The number of nitrogens with zero attached hydrogens (tertiary/aromatic N) is 3. The van der Waals surface area contributed by atoms with E-state index in [1.807, 2.05) is 18.2 Å². The summed E-state index contributed by atoms with van der Waals surface area (Å²) in [5.41, 5.74) is 1.65. The number of hydrogen-bond acceptors (Lipinski definition) is 3. The van der Waals surface area contributed by atoms with Gasteiger partial charge in [-0.1, -0.05) is 24.4 Å². The van der Waals surface area contributed by atoms with Crippen molar-refractivity contribution in [2.24, 2.45) is 17.8 Å². The monoisotopic (exact) mass is 384 g/mol. The fourth-order valence-corrected chi connectivity index (χ4v) is 5.46. The molecule has 5 nitrogen and oxygen atoms in total. The molecule has 0 radical (unpaired) electrons. The zero-order valence-electron chi connectivity index (χ0n) is 15.5. The van der Waals surface area contributed by atoms with Crippen molar-refractivity contribution in [1.82, 2.24) is 14.8 Å². The highest BCUT2D eigenvalue weighted by molar-refractivity contribution is 6.33. The summed E-state index contributed by atoms with van der Waals surface area (Å²) in [6, 6.07) is 5.69. The Hall–Kier alpha value is -1.88. The van der Waals surface area contributed by atoms with Gasteiger partial charge in [-0.05, 0) is 62.1 Å². The largest absolute Gasteiger partial charge is 0.326 e. The predicted molar refractivity (Wildman–Crippen MR) is 106 cm³/mol. The second kappa shape index (κ2) is 6.93. The van der Waals surface area contributed by atoms with Crippen molar-refractivity contribution in [2.45, 2.75) is 57.9 Å².